The molecule has 100 valence electrons. The molecule has 1 aromatic heterocycles. The monoisotopic (exact) mass is 322 g/mol. The summed E-state index contributed by atoms with van der Waals surface area (Å²) >= 11 is 3.31. The number of aromatic nitrogens is 2. The van der Waals surface area contributed by atoms with Gasteiger partial charge in [-0.05, 0) is 35.3 Å². The van der Waals surface area contributed by atoms with Crippen LogP contribution in [0.5, 0.6) is 0 Å². The Morgan fingerprint density at radius 1 is 1.32 bits per heavy atom. The molecule has 0 fully saturated rings. The molecule has 2 aromatic rings. The number of carbonyl (C=O) groups excluding carboxylic acids is 1. The smallest absolute Gasteiger partial charge is 0.214 e. The highest BCUT2D eigenvalue weighted by Gasteiger charge is 2.26. The summed E-state index contributed by atoms with van der Waals surface area (Å²) in [7, 11) is 0. The minimum atomic E-state index is -1.17. The molecule has 0 spiro atoms. The van der Waals surface area contributed by atoms with Crippen molar-refractivity contribution in [3.05, 3.63) is 52.3 Å². The van der Waals surface area contributed by atoms with Gasteiger partial charge in [0, 0.05) is 6.04 Å². The van der Waals surface area contributed by atoms with Crippen LogP contribution in [0.15, 0.2) is 41.0 Å². The van der Waals surface area contributed by atoms with Crippen molar-refractivity contribution in [1.29, 1.82) is 0 Å². The number of aliphatic hydroxyl groups is 1. The third-order valence-electron chi connectivity index (χ3n) is 2.84. The fraction of sp³-hybridized carbons (Fsp3) is 0.286. The van der Waals surface area contributed by atoms with E-state index in [1.807, 2.05) is 19.9 Å². The molecule has 5 heteroatoms. The first-order valence-corrected chi connectivity index (χ1v) is 6.82. The van der Waals surface area contributed by atoms with Crippen LogP contribution in [0.1, 0.15) is 42.0 Å². The summed E-state index contributed by atoms with van der Waals surface area (Å²) < 4.78 is 2.21. The van der Waals surface area contributed by atoms with E-state index in [9.17, 15) is 9.90 Å². The Kier molecular flexibility index (Phi) is 4.17. The number of benzene rings is 1. The van der Waals surface area contributed by atoms with Crippen molar-refractivity contribution in [1.82, 2.24) is 9.78 Å². The number of aliphatic hydroxyl groups excluding tert-OH is 1. The number of nitrogens with zero attached hydrogens (tertiary/aromatic N) is 2. The van der Waals surface area contributed by atoms with E-state index in [4.69, 9.17) is 0 Å². The fourth-order valence-corrected chi connectivity index (χ4v) is 2.35. The number of halogens is 1. The predicted molar refractivity (Wildman–Crippen MR) is 76.0 cm³/mol. The summed E-state index contributed by atoms with van der Waals surface area (Å²) in [5.41, 5.74) is 0.974. The van der Waals surface area contributed by atoms with Gasteiger partial charge in [-0.2, -0.15) is 5.10 Å². The normalized spacial score (nSPS) is 12.7. The number of carbonyl (C=O) groups is 1. The molecule has 0 saturated carbocycles. The molecule has 0 radical (unpaired) electrons. The van der Waals surface area contributed by atoms with Crippen LogP contribution in [0.4, 0.5) is 0 Å². The highest BCUT2D eigenvalue weighted by Crippen LogP contribution is 2.25. The zero-order chi connectivity index (χ0) is 14.0. The van der Waals surface area contributed by atoms with Gasteiger partial charge < -0.3 is 5.11 Å². The van der Waals surface area contributed by atoms with E-state index >= 15 is 0 Å². The second kappa shape index (κ2) is 5.67. The third kappa shape index (κ3) is 2.77. The average Bonchev–Trinajstić information content (AvgIpc) is 2.80. The van der Waals surface area contributed by atoms with Gasteiger partial charge in [-0.25, -0.2) is 0 Å². The Morgan fingerprint density at radius 2 is 1.95 bits per heavy atom. The average molecular weight is 323 g/mol. The fourth-order valence-electron chi connectivity index (χ4n) is 1.88. The van der Waals surface area contributed by atoms with E-state index in [2.05, 4.69) is 21.0 Å². The molecular formula is C14H15BrN2O2. The van der Waals surface area contributed by atoms with Gasteiger partial charge in [0.2, 0.25) is 5.78 Å². The van der Waals surface area contributed by atoms with E-state index < -0.39 is 6.10 Å². The topological polar surface area (TPSA) is 55.1 Å². The molecule has 0 aliphatic heterocycles. The van der Waals surface area contributed by atoms with E-state index in [0.717, 1.165) is 0 Å². The first kappa shape index (κ1) is 14.0. The van der Waals surface area contributed by atoms with Crippen molar-refractivity contribution in [2.24, 2.45) is 0 Å². The van der Waals surface area contributed by atoms with Gasteiger partial charge >= 0.3 is 0 Å². The molecule has 0 aliphatic carbocycles. The van der Waals surface area contributed by atoms with E-state index in [-0.39, 0.29) is 11.8 Å². The molecule has 1 heterocycles. The van der Waals surface area contributed by atoms with Crippen molar-refractivity contribution >= 4 is 21.7 Å². The summed E-state index contributed by atoms with van der Waals surface area (Å²) in [6.07, 6.45) is 0.400. The first-order chi connectivity index (χ1) is 9.02. The standard InChI is InChI=1S/C14H15BrN2O2/c1-9(2)17-12(11(15)8-16-17)14(19)13(18)10-6-4-3-5-7-10/h3-9,13,18H,1-2H3. The second-order valence-electron chi connectivity index (χ2n) is 4.56. The Hall–Kier alpha value is -1.46. The Labute approximate surface area is 120 Å². The van der Waals surface area contributed by atoms with Crippen LogP contribution in [0.25, 0.3) is 0 Å². The maximum Gasteiger partial charge on any atom is 0.214 e. The number of hydrogen-bond donors (Lipinski definition) is 1. The van der Waals surface area contributed by atoms with Gasteiger partial charge in [0.15, 0.2) is 0 Å². The lowest BCUT2D eigenvalue weighted by atomic mass is 10.0. The van der Waals surface area contributed by atoms with Gasteiger partial charge in [-0.3, -0.25) is 9.48 Å². The molecule has 19 heavy (non-hydrogen) atoms. The van der Waals surface area contributed by atoms with Gasteiger partial charge in [-0.15, -0.1) is 0 Å². The highest BCUT2D eigenvalue weighted by atomic mass is 79.9. The Bertz CT molecular complexity index is 578. The van der Waals surface area contributed by atoms with E-state index in [1.54, 1.807) is 35.1 Å². The lowest BCUT2D eigenvalue weighted by Crippen LogP contribution is -2.19. The van der Waals surface area contributed by atoms with Crippen molar-refractivity contribution in [2.75, 3.05) is 0 Å². The van der Waals surface area contributed by atoms with Crippen LogP contribution >= 0.6 is 15.9 Å². The molecule has 0 aliphatic rings. The van der Waals surface area contributed by atoms with Crippen LogP contribution in [-0.2, 0) is 0 Å². The molecule has 1 N–H and O–H groups in total. The summed E-state index contributed by atoms with van der Waals surface area (Å²) in [6, 6.07) is 8.93. The lowest BCUT2D eigenvalue weighted by molar-refractivity contribution is 0.0733. The van der Waals surface area contributed by atoms with Gasteiger partial charge in [0.25, 0.3) is 0 Å². The second-order valence-corrected chi connectivity index (χ2v) is 5.41. The van der Waals surface area contributed by atoms with E-state index in [0.29, 0.717) is 15.7 Å². The van der Waals surface area contributed by atoms with E-state index in [1.165, 1.54) is 0 Å². The molecule has 0 bridgehead atoms. The van der Waals surface area contributed by atoms with Crippen LogP contribution in [0.2, 0.25) is 0 Å². The van der Waals surface area contributed by atoms with Crippen molar-refractivity contribution in [3.8, 4) is 0 Å². The zero-order valence-corrected chi connectivity index (χ0v) is 12.3. The summed E-state index contributed by atoms with van der Waals surface area (Å²) in [6.45, 7) is 3.87. The van der Waals surface area contributed by atoms with Crippen molar-refractivity contribution in [3.63, 3.8) is 0 Å². The number of ketones is 1. The third-order valence-corrected chi connectivity index (χ3v) is 3.42. The Balaban J connectivity index is 2.37. The molecule has 4 nitrogen and oxygen atoms in total. The maximum absolute atomic E-state index is 12.4. The lowest BCUT2D eigenvalue weighted by Gasteiger charge is -2.14. The van der Waals surface area contributed by atoms with Gasteiger partial charge in [0.1, 0.15) is 11.8 Å². The minimum Gasteiger partial charge on any atom is -0.380 e. The van der Waals surface area contributed by atoms with Crippen molar-refractivity contribution < 1.29 is 9.90 Å². The molecule has 1 aromatic carbocycles. The van der Waals surface area contributed by atoms with Gasteiger partial charge in [-0.1, -0.05) is 30.3 Å². The largest absolute Gasteiger partial charge is 0.380 e. The SMILES string of the molecule is CC(C)n1ncc(Br)c1C(=O)C(O)c1ccccc1. The van der Waals surface area contributed by atoms with Gasteiger partial charge in [0.05, 0.1) is 10.7 Å². The Morgan fingerprint density at radius 3 is 2.53 bits per heavy atom. The summed E-state index contributed by atoms with van der Waals surface area (Å²) in [5.74, 6) is -0.357. The molecule has 1 unspecified atom stereocenters. The number of hydrogen-bond acceptors (Lipinski definition) is 3. The molecule has 0 amide bonds. The number of rotatable bonds is 4. The van der Waals surface area contributed by atoms with Crippen LogP contribution in [0.3, 0.4) is 0 Å². The minimum absolute atomic E-state index is 0.0493. The first-order valence-electron chi connectivity index (χ1n) is 6.02. The highest BCUT2D eigenvalue weighted by molar-refractivity contribution is 9.10. The quantitative estimate of drug-likeness (QED) is 0.880. The molecular weight excluding hydrogens is 308 g/mol. The molecule has 1 atom stereocenters. The summed E-state index contributed by atoms with van der Waals surface area (Å²) in [4.78, 5) is 12.4. The maximum atomic E-state index is 12.4. The number of Topliss-reactive ketones (excluding diaryl/α,β-unsaturated/α-hetero) is 1. The van der Waals surface area contributed by atoms with Crippen LogP contribution in [0, 0.1) is 0 Å². The van der Waals surface area contributed by atoms with Crippen molar-refractivity contribution in [2.45, 2.75) is 26.0 Å². The molecule has 0 saturated heterocycles. The molecule has 2 rings (SSSR count). The predicted octanol–water partition coefficient (Wildman–Crippen LogP) is 3.14. The van der Waals surface area contributed by atoms with Crippen LogP contribution < -0.4 is 0 Å². The zero-order valence-electron chi connectivity index (χ0n) is 10.7. The van der Waals surface area contributed by atoms with Crippen LogP contribution in [-0.4, -0.2) is 20.7 Å². The summed E-state index contributed by atoms with van der Waals surface area (Å²) in [5, 5.41) is 14.3.